The molecule has 0 amide bonds. The molecule has 0 aliphatic carbocycles. The number of hydrogen-bond donors (Lipinski definition) is 2. The largest absolute Gasteiger partial charge is 0.391 e. The van der Waals surface area contributed by atoms with E-state index >= 15 is 0 Å². The normalized spacial score (nSPS) is 10.3. The molecule has 0 aliphatic heterocycles. The first-order valence-electron chi connectivity index (χ1n) is 5.45. The van der Waals surface area contributed by atoms with Gasteiger partial charge in [0.1, 0.15) is 5.82 Å². The number of aliphatic hydroxyl groups excluding tert-OH is 1. The van der Waals surface area contributed by atoms with Crippen molar-refractivity contribution in [1.29, 1.82) is 0 Å². The molecule has 112 valence electrons. The Hall–Kier alpha value is 0.150. The number of pyridine rings is 2. The molecule has 2 aromatic heterocycles. The lowest BCUT2D eigenvalue weighted by molar-refractivity contribution is 0.361. The fraction of sp³-hybridized carbons (Fsp3) is 0.0833. The Kier molecular flexibility index (Phi) is 9.16. The summed E-state index contributed by atoms with van der Waals surface area (Å²) in [5.41, 5.74) is 5.43. The van der Waals surface area contributed by atoms with Crippen molar-refractivity contribution < 1.29 is 5.11 Å². The quantitative estimate of drug-likeness (QED) is 0.382. The fourth-order valence-corrected chi connectivity index (χ4v) is 3.61. The summed E-state index contributed by atoms with van der Waals surface area (Å²) in [5.74, 6) is 1.12. The minimum Gasteiger partial charge on any atom is -0.391 e. The number of aliphatic imine (C=N–C) groups is 1. The first kappa shape index (κ1) is 19.2. The van der Waals surface area contributed by atoms with Crippen LogP contribution in [0.1, 0.15) is 0 Å². The van der Waals surface area contributed by atoms with Gasteiger partial charge in [-0.2, -0.15) is 0 Å². The van der Waals surface area contributed by atoms with Gasteiger partial charge in [-0.1, -0.05) is 0 Å². The molecule has 5 nitrogen and oxygen atoms in total. The molecule has 3 N–H and O–H groups in total. The number of rotatable bonds is 2. The number of halogens is 4. The van der Waals surface area contributed by atoms with Gasteiger partial charge in [0.2, 0.25) is 0 Å². The number of anilines is 1. The third-order valence-corrected chi connectivity index (χ3v) is 4.32. The molecule has 0 aromatic carbocycles. The van der Waals surface area contributed by atoms with Crippen molar-refractivity contribution in [2.24, 2.45) is 4.99 Å². The SMILES string of the molecule is Nc1ncc(I)cc1Br.OCC=Nc1ncc(I)cc1Br. The van der Waals surface area contributed by atoms with Gasteiger partial charge in [0, 0.05) is 25.7 Å². The van der Waals surface area contributed by atoms with E-state index in [-0.39, 0.29) is 6.61 Å². The molecule has 0 radical (unpaired) electrons. The average Bonchev–Trinajstić information content (AvgIpc) is 2.43. The van der Waals surface area contributed by atoms with Crippen LogP contribution in [0.15, 0.2) is 38.5 Å². The Balaban J connectivity index is 0.000000219. The summed E-state index contributed by atoms with van der Waals surface area (Å²) in [4.78, 5) is 11.9. The summed E-state index contributed by atoms with van der Waals surface area (Å²) < 4.78 is 3.81. The second-order valence-electron chi connectivity index (χ2n) is 3.47. The monoisotopic (exact) mass is 638 g/mol. The van der Waals surface area contributed by atoms with Crippen LogP contribution < -0.4 is 5.73 Å². The van der Waals surface area contributed by atoms with Gasteiger partial charge in [-0.15, -0.1) is 0 Å². The highest BCUT2D eigenvalue weighted by atomic mass is 127. The maximum atomic E-state index is 8.48. The Bertz CT molecular complexity index is 641. The Morgan fingerprint density at radius 1 is 1.14 bits per heavy atom. The molecule has 2 aromatic rings. The van der Waals surface area contributed by atoms with Crippen LogP contribution in [0.3, 0.4) is 0 Å². The number of nitrogen functional groups attached to an aromatic ring is 1. The summed E-state index contributed by atoms with van der Waals surface area (Å²) in [6.45, 7) is -0.0693. The molecule has 21 heavy (non-hydrogen) atoms. The predicted octanol–water partition coefficient (Wildman–Crippen LogP) is 4.17. The maximum absolute atomic E-state index is 8.48. The first-order valence-corrected chi connectivity index (χ1v) is 9.19. The maximum Gasteiger partial charge on any atom is 0.166 e. The van der Waals surface area contributed by atoms with Crippen molar-refractivity contribution >= 4 is 94.9 Å². The van der Waals surface area contributed by atoms with Crippen LogP contribution >= 0.6 is 77.0 Å². The minimum atomic E-state index is -0.0693. The highest BCUT2D eigenvalue weighted by Crippen LogP contribution is 2.23. The zero-order valence-electron chi connectivity index (χ0n) is 10.5. The number of nitrogens with two attached hydrogens (primary N) is 1. The third kappa shape index (κ3) is 7.30. The highest BCUT2D eigenvalue weighted by molar-refractivity contribution is 14.1. The molecule has 0 atom stereocenters. The van der Waals surface area contributed by atoms with Gasteiger partial charge in [0.15, 0.2) is 5.82 Å². The minimum absolute atomic E-state index is 0.0693. The van der Waals surface area contributed by atoms with Crippen LogP contribution in [-0.2, 0) is 0 Å². The lowest BCUT2D eigenvalue weighted by Gasteiger charge is -1.96. The Morgan fingerprint density at radius 2 is 1.71 bits per heavy atom. The topological polar surface area (TPSA) is 84.4 Å². The van der Waals surface area contributed by atoms with E-state index in [1.54, 1.807) is 12.4 Å². The van der Waals surface area contributed by atoms with E-state index in [1.165, 1.54) is 6.21 Å². The fourth-order valence-electron chi connectivity index (χ4n) is 1.05. The number of hydrogen-bond acceptors (Lipinski definition) is 5. The highest BCUT2D eigenvalue weighted by Gasteiger charge is 1.98. The molecule has 9 heteroatoms. The van der Waals surface area contributed by atoms with E-state index in [0.717, 1.165) is 16.1 Å². The molecule has 2 heterocycles. The van der Waals surface area contributed by atoms with Crippen LogP contribution in [0.5, 0.6) is 0 Å². The van der Waals surface area contributed by atoms with Gasteiger partial charge >= 0.3 is 0 Å². The zero-order valence-corrected chi connectivity index (χ0v) is 18.0. The predicted molar refractivity (Wildman–Crippen MR) is 109 cm³/mol. The molecule has 0 saturated carbocycles. The molecule has 0 saturated heterocycles. The van der Waals surface area contributed by atoms with E-state index in [1.807, 2.05) is 12.1 Å². The van der Waals surface area contributed by atoms with Crippen LogP contribution in [0.2, 0.25) is 0 Å². The molecule has 0 spiro atoms. The van der Waals surface area contributed by atoms with Gasteiger partial charge in [-0.3, -0.25) is 0 Å². The molecule has 0 aliphatic rings. The van der Waals surface area contributed by atoms with Crippen molar-refractivity contribution in [2.75, 3.05) is 12.3 Å². The van der Waals surface area contributed by atoms with Crippen LogP contribution in [0.25, 0.3) is 0 Å². The van der Waals surface area contributed by atoms with Gasteiger partial charge in [0.25, 0.3) is 0 Å². The lowest BCUT2D eigenvalue weighted by Crippen LogP contribution is -1.90. The second-order valence-corrected chi connectivity index (χ2v) is 7.67. The van der Waals surface area contributed by atoms with Crippen LogP contribution in [0, 0.1) is 7.14 Å². The molecular weight excluding hydrogens is 630 g/mol. The van der Waals surface area contributed by atoms with Crippen LogP contribution in [-0.4, -0.2) is 27.9 Å². The summed E-state index contributed by atoms with van der Waals surface area (Å²) in [6, 6.07) is 3.83. The summed E-state index contributed by atoms with van der Waals surface area (Å²) in [5, 5.41) is 8.48. The van der Waals surface area contributed by atoms with Gasteiger partial charge in [0.05, 0.1) is 15.6 Å². The number of aromatic nitrogens is 2. The molecular formula is C12H10Br2I2N4O. The van der Waals surface area contributed by atoms with Crippen molar-refractivity contribution in [2.45, 2.75) is 0 Å². The molecule has 0 bridgehead atoms. The number of aliphatic hydroxyl groups is 1. The smallest absolute Gasteiger partial charge is 0.166 e. The van der Waals surface area contributed by atoms with Crippen molar-refractivity contribution in [3.8, 4) is 0 Å². The van der Waals surface area contributed by atoms with Crippen molar-refractivity contribution in [3.05, 3.63) is 40.6 Å². The summed E-state index contributed by atoms with van der Waals surface area (Å²) >= 11 is 10.9. The van der Waals surface area contributed by atoms with E-state index in [2.05, 4.69) is 92.0 Å². The van der Waals surface area contributed by atoms with Crippen LogP contribution in [0.4, 0.5) is 11.6 Å². The third-order valence-electron chi connectivity index (χ3n) is 1.92. The van der Waals surface area contributed by atoms with Crippen molar-refractivity contribution in [1.82, 2.24) is 9.97 Å². The summed E-state index contributed by atoms with van der Waals surface area (Å²) in [6.07, 6.45) is 4.84. The molecule has 0 unspecified atom stereocenters. The van der Waals surface area contributed by atoms with Crippen molar-refractivity contribution in [3.63, 3.8) is 0 Å². The second kappa shape index (κ2) is 10.0. The molecule has 0 fully saturated rings. The Morgan fingerprint density at radius 3 is 2.19 bits per heavy atom. The zero-order chi connectivity index (χ0) is 15.8. The van der Waals surface area contributed by atoms with Gasteiger partial charge in [-0.05, 0) is 89.2 Å². The van der Waals surface area contributed by atoms with E-state index in [9.17, 15) is 0 Å². The van der Waals surface area contributed by atoms with E-state index in [4.69, 9.17) is 10.8 Å². The van der Waals surface area contributed by atoms with E-state index in [0.29, 0.717) is 11.6 Å². The van der Waals surface area contributed by atoms with Gasteiger partial charge in [-0.25, -0.2) is 15.0 Å². The summed E-state index contributed by atoms with van der Waals surface area (Å²) in [7, 11) is 0. The van der Waals surface area contributed by atoms with E-state index < -0.39 is 0 Å². The standard InChI is InChI=1S/C7H6BrIN2O.C5H4BrIN2/c8-6-3-5(9)4-11-7(6)10-1-2-12;6-4-1-3(7)2-9-5(4)8/h1,3-4,12H,2H2;1-2H,(H2,8,9). The first-order chi connectivity index (χ1) is 9.93. The van der Waals surface area contributed by atoms with Gasteiger partial charge < -0.3 is 10.8 Å². The lowest BCUT2D eigenvalue weighted by atomic mass is 10.5. The average molecular weight is 640 g/mol. The number of nitrogens with zero attached hydrogens (tertiary/aromatic N) is 3. The Labute approximate surface area is 166 Å². The molecule has 2 rings (SSSR count).